The number of pyridine rings is 1. The van der Waals surface area contributed by atoms with Crippen LogP contribution in [0.1, 0.15) is 5.69 Å². The van der Waals surface area contributed by atoms with Gasteiger partial charge in [0, 0.05) is 6.20 Å². The second-order valence-electron chi connectivity index (χ2n) is 3.68. The molecule has 2 aromatic rings. The fourth-order valence-electron chi connectivity index (χ4n) is 1.63. The molecule has 0 amide bonds. The summed E-state index contributed by atoms with van der Waals surface area (Å²) in [5, 5.41) is 18.3. The van der Waals surface area contributed by atoms with Crippen LogP contribution in [0.4, 0.5) is 0 Å². The lowest BCUT2D eigenvalue weighted by molar-refractivity contribution is -0.132. The van der Waals surface area contributed by atoms with E-state index in [1.54, 1.807) is 6.07 Å². The zero-order chi connectivity index (χ0) is 14.9. The van der Waals surface area contributed by atoms with Crippen LogP contribution in [0.3, 0.4) is 0 Å². The number of carboxylic acid groups (broad SMARTS) is 1. The third-order valence-electron chi connectivity index (χ3n) is 2.47. The molecule has 0 unspecified atom stereocenters. The maximum Gasteiger partial charge on any atom is 0.346 e. The Balaban J connectivity index is 2.81. The van der Waals surface area contributed by atoms with E-state index >= 15 is 0 Å². The van der Waals surface area contributed by atoms with Crippen LogP contribution in [0.5, 0.6) is 5.88 Å². The Bertz CT molecular complexity index is 774. The fourth-order valence-corrected chi connectivity index (χ4v) is 2.14. The van der Waals surface area contributed by atoms with Crippen molar-refractivity contribution in [2.24, 2.45) is 0 Å². The first-order valence-corrected chi connectivity index (χ1v) is 5.99. The third kappa shape index (κ3) is 2.41. The van der Waals surface area contributed by atoms with Crippen molar-refractivity contribution in [3.05, 3.63) is 33.6 Å². The van der Waals surface area contributed by atoms with Crippen LogP contribution in [0.2, 0.25) is 10.0 Å². The van der Waals surface area contributed by atoms with E-state index in [2.05, 4.69) is 4.98 Å². The van der Waals surface area contributed by atoms with Crippen molar-refractivity contribution in [2.75, 3.05) is 7.11 Å². The monoisotopic (exact) mass is 311 g/mol. The Morgan fingerprint density at radius 2 is 2.30 bits per heavy atom. The van der Waals surface area contributed by atoms with Crippen molar-refractivity contribution < 1.29 is 14.6 Å². The van der Waals surface area contributed by atoms with Crippen LogP contribution >= 0.6 is 23.2 Å². The van der Waals surface area contributed by atoms with Crippen LogP contribution < -0.4 is 4.74 Å². The second-order valence-corrected chi connectivity index (χ2v) is 4.52. The number of methoxy groups -OCH3 is 1. The number of carboxylic acids is 1. The van der Waals surface area contributed by atoms with Crippen LogP contribution in [0.25, 0.3) is 11.7 Å². The summed E-state index contributed by atoms with van der Waals surface area (Å²) in [4.78, 5) is 15.0. The molecule has 0 aliphatic rings. The molecule has 102 valence electrons. The lowest BCUT2D eigenvalue weighted by atomic mass is 10.2. The molecule has 0 fully saturated rings. The van der Waals surface area contributed by atoms with Gasteiger partial charge in [-0.05, 0) is 12.1 Å². The van der Waals surface area contributed by atoms with Crippen molar-refractivity contribution in [3.8, 4) is 11.9 Å². The molecule has 20 heavy (non-hydrogen) atoms. The summed E-state index contributed by atoms with van der Waals surface area (Å²) >= 11 is 11.9. The number of carbonyl (C=O) groups is 1. The molecule has 0 spiro atoms. The molecule has 0 radical (unpaired) electrons. The smallest absolute Gasteiger partial charge is 0.346 e. The summed E-state index contributed by atoms with van der Waals surface area (Å²) in [7, 11) is 1.38. The fraction of sp³-hybridized carbons (Fsp3) is 0.0833. The van der Waals surface area contributed by atoms with E-state index in [0.717, 1.165) is 6.08 Å². The summed E-state index contributed by atoms with van der Waals surface area (Å²) in [6.07, 6.45) is 2.65. The number of ether oxygens (including phenoxy) is 1. The van der Waals surface area contributed by atoms with Gasteiger partial charge in [-0.15, -0.1) is 0 Å². The molecular weight excluding hydrogens is 305 g/mol. The van der Waals surface area contributed by atoms with Crippen LogP contribution in [0.15, 0.2) is 17.8 Å². The number of nitrogens with zero attached hydrogens (tertiary/aromatic N) is 3. The highest BCUT2D eigenvalue weighted by molar-refractivity contribution is 6.36. The zero-order valence-electron chi connectivity index (χ0n) is 10.1. The molecule has 0 bridgehead atoms. The molecule has 0 atom stereocenters. The predicted octanol–water partition coefficient (Wildman–Crippen LogP) is 2.64. The molecule has 8 heteroatoms. The first kappa shape index (κ1) is 14.2. The van der Waals surface area contributed by atoms with E-state index in [9.17, 15) is 4.79 Å². The minimum Gasteiger partial charge on any atom is -0.479 e. The van der Waals surface area contributed by atoms with Crippen molar-refractivity contribution in [1.82, 2.24) is 9.38 Å². The predicted molar refractivity (Wildman–Crippen MR) is 73.0 cm³/mol. The SMILES string of the molecule is COc1nc2c(Cl)cc(Cl)cn2c1C=C(C#N)C(=O)O. The van der Waals surface area contributed by atoms with Gasteiger partial charge >= 0.3 is 5.97 Å². The number of nitriles is 1. The average molecular weight is 312 g/mol. The number of rotatable bonds is 3. The Kier molecular flexibility index (Phi) is 3.84. The number of halogens is 2. The van der Waals surface area contributed by atoms with Crippen molar-refractivity contribution in [2.45, 2.75) is 0 Å². The second kappa shape index (κ2) is 5.41. The molecular formula is C12H7Cl2N3O3. The first-order chi connectivity index (χ1) is 9.47. The van der Waals surface area contributed by atoms with Gasteiger partial charge in [0.1, 0.15) is 17.3 Å². The van der Waals surface area contributed by atoms with Crippen molar-refractivity contribution >= 4 is 40.9 Å². The molecule has 6 nitrogen and oxygen atoms in total. The van der Waals surface area contributed by atoms with Gasteiger partial charge in [-0.1, -0.05) is 23.2 Å². The summed E-state index contributed by atoms with van der Waals surface area (Å²) in [6.45, 7) is 0. The lowest BCUT2D eigenvalue weighted by Gasteiger charge is -2.01. The molecule has 1 N–H and O–H groups in total. The highest BCUT2D eigenvalue weighted by atomic mass is 35.5. The van der Waals surface area contributed by atoms with E-state index in [4.69, 9.17) is 38.3 Å². The normalized spacial score (nSPS) is 11.4. The third-order valence-corrected chi connectivity index (χ3v) is 2.96. The van der Waals surface area contributed by atoms with Gasteiger partial charge in [0.25, 0.3) is 0 Å². The Morgan fingerprint density at radius 3 is 2.85 bits per heavy atom. The number of imidazole rings is 1. The highest BCUT2D eigenvalue weighted by Gasteiger charge is 2.16. The van der Waals surface area contributed by atoms with Gasteiger partial charge in [0.05, 0.1) is 17.2 Å². The van der Waals surface area contributed by atoms with E-state index in [-0.39, 0.29) is 16.6 Å². The molecule has 2 aromatic heterocycles. The van der Waals surface area contributed by atoms with Gasteiger partial charge < -0.3 is 9.84 Å². The molecule has 0 aliphatic heterocycles. The molecule has 0 saturated carbocycles. The standard InChI is InChI=1S/C12H7Cl2N3O3/c1-20-11-9(2-6(4-15)12(18)19)17-5-7(13)3-8(14)10(17)16-11/h2-3,5H,1H3,(H,18,19). The number of aliphatic carboxylic acids is 1. The number of hydrogen-bond acceptors (Lipinski definition) is 4. The Morgan fingerprint density at radius 1 is 1.60 bits per heavy atom. The van der Waals surface area contributed by atoms with Gasteiger partial charge in [-0.25, -0.2) is 4.79 Å². The van der Waals surface area contributed by atoms with Gasteiger partial charge in [0.15, 0.2) is 5.65 Å². The zero-order valence-corrected chi connectivity index (χ0v) is 11.6. The number of fused-ring (bicyclic) bond motifs is 1. The van der Waals surface area contributed by atoms with E-state index < -0.39 is 11.5 Å². The van der Waals surface area contributed by atoms with Crippen molar-refractivity contribution in [3.63, 3.8) is 0 Å². The quantitative estimate of drug-likeness (QED) is 0.695. The Hall–Kier alpha value is -2.23. The summed E-state index contributed by atoms with van der Waals surface area (Å²) in [5.74, 6) is -1.21. The summed E-state index contributed by atoms with van der Waals surface area (Å²) in [6, 6.07) is 3.08. The van der Waals surface area contributed by atoms with E-state index in [1.807, 2.05) is 0 Å². The van der Waals surface area contributed by atoms with Gasteiger partial charge in [-0.2, -0.15) is 10.2 Å². The largest absolute Gasteiger partial charge is 0.479 e. The van der Waals surface area contributed by atoms with Crippen LogP contribution in [-0.4, -0.2) is 27.6 Å². The number of hydrogen-bond donors (Lipinski definition) is 1. The molecule has 0 saturated heterocycles. The molecule has 2 rings (SSSR count). The molecule has 2 heterocycles. The maximum absolute atomic E-state index is 10.9. The first-order valence-electron chi connectivity index (χ1n) is 5.24. The Labute approximate surface area is 123 Å². The average Bonchev–Trinajstić information content (AvgIpc) is 2.73. The minimum atomic E-state index is -1.35. The van der Waals surface area contributed by atoms with Gasteiger partial charge in [0.2, 0.25) is 5.88 Å². The van der Waals surface area contributed by atoms with Gasteiger partial charge in [-0.3, -0.25) is 4.40 Å². The van der Waals surface area contributed by atoms with Crippen LogP contribution in [0, 0.1) is 11.3 Å². The minimum absolute atomic E-state index is 0.142. The number of aromatic nitrogens is 2. The lowest BCUT2D eigenvalue weighted by Crippen LogP contribution is -1.99. The maximum atomic E-state index is 10.9. The molecule has 0 aromatic carbocycles. The van der Waals surface area contributed by atoms with Crippen LogP contribution in [-0.2, 0) is 4.79 Å². The summed E-state index contributed by atoms with van der Waals surface area (Å²) in [5.41, 5.74) is 0.161. The highest BCUT2D eigenvalue weighted by Crippen LogP contribution is 2.29. The summed E-state index contributed by atoms with van der Waals surface area (Å²) < 4.78 is 6.53. The topological polar surface area (TPSA) is 87.6 Å². The van der Waals surface area contributed by atoms with Crippen molar-refractivity contribution in [1.29, 1.82) is 5.26 Å². The van der Waals surface area contributed by atoms with E-state index in [1.165, 1.54) is 23.8 Å². The molecule has 0 aliphatic carbocycles. The van der Waals surface area contributed by atoms with E-state index in [0.29, 0.717) is 10.7 Å².